The predicted octanol–water partition coefficient (Wildman–Crippen LogP) is 2.77. The zero-order valence-corrected chi connectivity index (χ0v) is 11.1. The van der Waals surface area contributed by atoms with Crippen LogP contribution in [0.3, 0.4) is 0 Å². The second-order valence-corrected chi connectivity index (χ2v) is 6.56. The van der Waals surface area contributed by atoms with E-state index in [1.54, 1.807) is 0 Å². The summed E-state index contributed by atoms with van der Waals surface area (Å²) in [5, 5.41) is 0. The monoisotopic (exact) mass is 236 g/mol. The molecular weight excluding hydrogens is 208 g/mol. The molecule has 3 aliphatic carbocycles. The molecule has 3 unspecified atom stereocenters. The first-order valence-corrected chi connectivity index (χ1v) is 7.84. The maximum absolute atomic E-state index is 5.72. The van der Waals surface area contributed by atoms with Crippen molar-refractivity contribution >= 4 is 0 Å². The molecule has 0 aromatic rings. The van der Waals surface area contributed by atoms with Crippen LogP contribution >= 0.6 is 0 Å². The SMILES string of the molecule is NCCCN(C1CCCC1)C1CC2CCC1C2. The minimum Gasteiger partial charge on any atom is -0.330 e. The molecule has 0 saturated heterocycles. The van der Waals surface area contributed by atoms with Gasteiger partial charge in [0.25, 0.3) is 0 Å². The lowest BCUT2D eigenvalue weighted by molar-refractivity contribution is 0.0938. The largest absolute Gasteiger partial charge is 0.330 e. The highest BCUT2D eigenvalue weighted by atomic mass is 15.2. The Kier molecular flexibility index (Phi) is 3.72. The van der Waals surface area contributed by atoms with Crippen LogP contribution in [0.15, 0.2) is 0 Å². The first-order chi connectivity index (χ1) is 8.38. The summed E-state index contributed by atoms with van der Waals surface area (Å²) in [5.74, 6) is 2.12. The summed E-state index contributed by atoms with van der Waals surface area (Å²) < 4.78 is 0. The van der Waals surface area contributed by atoms with E-state index in [2.05, 4.69) is 4.90 Å². The normalized spacial score (nSPS) is 37.4. The molecule has 3 fully saturated rings. The molecule has 2 nitrogen and oxygen atoms in total. The molecule has 0 aromatic carbocycles. The number of rotatable bonds is 5. The summed E-state index contributed by atoms with van der Waals surface area (Å²) in [4.78, 5) is 2.89. The molecule has 3 atom stereocenters. The van der Waals surface area contributed by atoms with Crippen LogP contribution in [0.25, 0.3) is 0 Å². The topological polar surface area (TPSA) is 29.3 Å². The minimum atomic E-state index is 0.865. The van der Waals surface area contributed by atoms with Crippen molar-refractivity contribution in [3.8, 4) is 0 Å². The second-order valence-electron chi connectivity index (χ2n) is 6.56. The van der Waals surface area contributed by atoms with E-state index in [1.807, 2.05) is 0 Å². The number of hydrogen-bond donors (Lipinski definition) is 1. The molecule has 0 spiro atoms. The molecule has 2 bridgehead atoms. The van der Waals surface area contributed by atoms with Gasteiger partial charge in [0.05, 0.1) is 0 Å². The highest BCUT2D eigenvalue weighted by Crippen LogP contribution is 2.47. The molecule has 98 valence electrons. The molecule has 0 aliphatic heterocycles. The highest BCUT2D eigenvalue weighted by Gasteiger charge is 2.43. The average molecular weight is 236 g/mol. The van der Waals surface area contributed by atoms with Gasteiger partial charge in [-0.3, -0.25) is 4.90 Å². The number of nitrogens with two attached hydrogens (primary N) is 1. The Hall–Kier alpha value is -0.0800. The molecule has 0 heterocycles. The first-order valence-electron chi connectivity index (χ1n) is 7.84. The lowest BCUT2D eigenvalue weighted by Gasteiger charge is -2.39. The van der Waals surface area contributed by atoms with E-state index < -0.39 is 0 Å². The predicted molar refractivity (Wildman–Crippen MR) is 71.9 cm³/mol. The van der Waals surface area contributed by atoms with Gasteiger partial charge in [-0.2, -0.15) is 0 Å². The minimum absolute atomic E-state index is 0.865. The maximum Gasteiger partial charge on any atom is 0.0129 e. The van der Waals surface area contributed by atoms with E-state index in [4.69, 9.17) is 5.73 Å². The van der Waals surface area contributed by atoms with Gasteiger partial charge in [0, 0.05) is 12.1 Å². The van der Waals surface area contributed by atoms with Crippen molar-refractivity contribution in [2.45, 2.75) is 69.9 Å². The van der Waals surface area contributed by atoms with E-state index in [-0.39, 0.29) is 0 Å². The Balaban J connectivity index is 1.65. The summed E-state index contributed by atoms with van der Waals surface area (Å²) in [6.07, 6.45) is 13.1. The number of hydrogen-bond acceptors (Lipinski definition) is 2. The van der Waals surface area contributed by atoms with Gasteiger partial charge in [0.15, 0.2) is 0 Å². The standard InChI is InChI=1S/C15H28N2/c16-8-3-9-17(14-4-1-2-5-14)15-11-12-6-7-13(15)10-12/h12-15H,1-11,16H2. The van der Waals surface area contributed by atoms with Crippen molar-refractivity contribution < 1.29 is 0 Å². The lowest BCUT2D eigenvalue weighted by atomic mass is 9.92. The molecule has 3 saturated carbocycles. The fraction of sp³-hybridized carbons (Fsp3) is 1.00. The molecule has 3 rings (SSSR count). The second kappa shape index (κ2) is 5.27. The van der Waals surface area contributed by atoms with Crippen LogP contribution in [0.5, 0.6) is 0 Å². The smallest absolute Gasteiger partial charge is 0.0129 e. The molecule has 17 heavy (non-hydrogen) atoms. The van der Waals surface area contributed by atoms with Crippen LogP contribution in [0, 0.1) is 11.8 Å². The Morgan fingerprint density at radius 3 is 2.41 bits per heavy atom. The molecular formula is C15H28N2. The lowest BCUT2D eigenvalue weighted by Crippen LogP contribution is -2.45. The molecule has 2 N–H and O–H groups in total. The summed E-state index contributed by atoms with van der Waals surface area (Å²) in [7, 11) is 0. The molecule has 0 amide bonds. The van der Waals surface area contributed by atoms with Gasteiger partial charge in [-0.15, -0.1) is 0 Å². The fourth-order valence-corrected chi connectivity index (χ4v) is 4.75. The Bertz CT molecular complexity index is 247. The summed E-state index contributed by atoms with van der Waals surface area (Å²) in [6, 6.07) is 1.84. The average Bonchev–Trinajstić information content (AvgIpc) is 3.06. The Morgan fingerprint density at radius 2 is 1.82 bits per heavy atom. The van der Waals surface area contributed by atoms with E-state index in [1.165, 1.54) is 64.3 Å². The number of fused-ring (bicyclic) bond motifs is 2. The third kappa shape index (κ3) is 2.39. The van der Waals surface area contributed by atoms with E-state index in [9.17, 15) is 0 Å². The Morgan fingerprint density at radius 1 is 1.00 bits per heavy atom. The fourth-order valence-electron chi connectivity index (χ4n) is 4.75. The van der Waals surface area contributed by atoms with Gasteiger partial charge in [0.1, 0.15) is 0 Å². The van der Waals surface area contributed by atoms with Crippen LogP contribution < -0.4 is 5.73 Å². The zero-order valence-electron chi connectivity index (χ0n) is 11.1. The molecule has 2 heteroatoms. The van der Waals surface area contributed by atoms with Crippen molar-refractivity contribution in [2.75, 3.05) is 13.1 Å². The maximum atomic E-state index is 5.72. The van der Waals surface area contributed by atoms with Gasteiger partial charge in [-0.05, 0) is 63.5 Å². The van der Waals surface area contributed by atoms with Crippen molar-refractivity contribution in [3.05, 3.63) is 0 Å². The van der Waals surface area contributed by atoms with Crippen molar-refractivity contribution in [2.24, 2.45) is 17.6 Å². The van der Waals surface area contributed by atoms with E-state index >= 15 is 0 Å². The van der Waals surface area contributed by atoms with Crippen molar-refractivity contribution in [1.82, 2.24) is 4.90 Å². The molecule has 3 aliphatic rings. The summed E-state index contributed by atoms with van der Waals surface area (Å²) in [6.45, 7) is 2.14. The van der Waals surface area contributed by atoms with E-state index in [0.29, 0.717) is 0 Å². The zero-order chi connectivity index (χ0) is 11.7. The summed E-state index contributed by atoms with van der Waals surface area (Å²) >= 11 is 0. The number of nitrogens with zero attached hydrogens (tertiary/aromatic N) is 1. The van der Waals surface area contributed by atoms with Gasteiger partial charge < -0.3 is 5.73 Å². The van der Waals surface area contributed by atoms with Gasteiger partial charge in [-0.25, -0.2) is 0 Å². The third-order valence-electron chi connectivity index (χ3n) is 5.54. The van der Waals surface area contributed by atoms with Crippen LogP contribution in [-0.2, 0) is 0 Å². The van der Waals surface area contributed by atoms with Crippen LogP contribution in [0.4, 0.5) is 0 Å². The highest BCUT2D eigenvalue weighted by molar-refractivity contribution is 4.97. The van der Waals surface area contributed by atoms with Crippen LogP contribution in [0.2, 0.25) is 0 Å². The van der Waals surface area contributed by atoms with Crippen molar-refractivity contribution in [3.63, 3.8) is 0 Å². The van der Waals surface area contributed by atoms with Gasteiger partial charge in [-0.1, -0.05) is 19.3 Å². The van der Waals surface area contributed by atoms with Crippen molar-refractivity contribution in [1.29, 1.82) is 0 Å². The van der Waals surface area contributed by atoms with Crippen LogP contribution in [0.1, 0.15) is 57.8 Å². The summed E-state index contributed by atoms with van der Waals surface area (Å²) in [5.41, 5.74) is 5.72. The van der Waals surface area contributed by atoms with Gasteiger partial charge in [0.2, 0.25) is 0 Å². The molecule has 0 radical (unpaired) electrons. The van der Waals surface area contributed by atoms with Crippen LogP contribution in [-0.4, -0.2) is 30.1 Å². The Labute approximate surface area is 106 Å². The first kappa shape index (κ1) is 12.0. The quantitative estimate of drug-likeness (QED) is 0.795. The van der Waals surface area contributed by atoms with Gasteiger partial charge >= 0.3 is 0 Å². The molecule has 0 aromatic heterocycles. The third-order valence-corrected chi connectivity index (χ3v) is 5.54. The van der Waals surface area contributed by atoms with E-state index in [0.717, 1.165) is 30.5 Å².